The van der Waals surface area contributed by atoms with Crippen molar-refractivity contribution in [3.63, 3.8) is 0 Å². The number of nitrogens with zero attached hydrogens (tertiary/aromatic N) is 1. The monoisotopic (exact) mass is 566 g/mol. The molecule has 0 spiro atoms. The number of rotatable bonds is 12. The molecule has 3 rings (SSSR count). The van der Waals surface area contributed by atoms with Gasteiger partial charge in [-0.05, 0) is 62.1 Å². The van der Waals surface area contributed by atoms with Crippen LogP contribution < -0.4 is 15.4 Å². The van der Waals surface area contributed by atoms with Crippen LogP contribution in [0.2, 0.25) is 0 Å². The fourth-order valence-corrected chi connectivity index (χ4v) is 3.17. The van der Waals surface area contributed by atoms with E-state index in [4.69, 9.17) is 19.2 Å². The Kier molecular flexibility index (Phi) is 12.1. The second-order valence-electron chi connectivity index (χ2n) is 7.75. The molecule has 2 aromatic carbocycles. The second-order valence-corrected chi connectivity index (χ2v) is 7.75. The number of methoxy groups -OCH3 is 1. The first-order valence-electron chi connectivity index (χ1n) is 11.1. The minimum absolute atomic E-state index is 0. The normalized spacial score (nSPS) is 11.5. The maximum Gasteiger partial charge on any atom is 0.196 e. The van der Waals surface area contributed by atoms with Crippen molar-refractivity contribution in [1.82, 2.24) is 10.3 Å². The van der Waals surface area contributed by atoms with Crippen molar-refractivity contribution in [3.05, 3.63) is 60.3 Å². The van der Waals surface area contributed by atoms with Gasteiger partial charge >= 0.3 is 0 Å². The Morgan fingerprint density at radius 1 is 1.03 bits per heavy atom. The van der Waals surface area contributed by atoms with E-state index in [0.717, 1.165) is 41.6 Å². The van der Waals surface area contributed by atoms with Gasteiger partial charge in [0.25, 0.3) is 0 Å². The average Bonchev–Trinajstić information content (AvgIpc) is 3.20. The molecule has 0 saturated heterocycles. The summed E-state index contributed by atoms with van der Waals surface area (Å²) < 4.78 is 16.3. The van der Waals surface area contributed by atoms with Crippen LogP contribution in [0.4, 0.5) is 5.69 Å². The van der Waals surface area contributed by atoms with Crippen LogP contribution in [0, 0.1) is 0 Å². The van der Waals surface area contributed by atoms with Crippen LogP contribution in [0.5, 0.6) is 5.75 Å². The van der Waals surface area contributed by atoms with E-state index >= 15 is 0 Å². The predicted molar refractivity (Wildman–Crippen MR) is 146 cm³/mol. The molecule has 1 heterocycles. The standard InChI is InChI=1S/C25H34N4O3.HI/c1-19(2)32-23-11-9-21(10-12-23)29-25(26-13-6-14-31-16-15-30-3)27-18-22-17-20-7-4-5-8-24(20)28-22;/h4-5,7-12,17,19,28H,6,13-16,18H2,1-3H3,(H2,26,27,29);1H. The largest absolute Gasteiger partial charge is 0.491 e. The van der Waals surface area contributed by atoms with E-state index < -0.39 is 0 Å². The zero-order valence-corrected chi connectivity index (χ0v) is 21.9. The summed E-state index contributed by atoms with van der Waals surface area (Å²) in [6, 6.07) is 18.3. The number of hydrogen-bond acceptors (Lipinski definition) is 4. The van der Waals surface area contributed by atoms with Gasteiger partial charge in [0.15, 0.2) is 5.96 Å². The molecule has 0 bridgehead atoms. The highest BCUT2D eigenvalue weighted by molar-refractivity contribution is 14.0. The van der Waals surface area contributed by atoms with Gasteiger partial charge in [-0.1, -0.05) is 18.2 Å². The van der Waals surface area contributed by atoms with E-state index in [-0.39, 0.29) is 30.1 Å². The molecule has 0 amide bonds. The van der Waals surface area contributed by atoms with Crippen LogP contribution in [0.1, 0.15) is 26.0 Å². The van der Waals surface area contributed by atoms with Gasteiger partial charge in [-0.25, -0.2) is 4.99 Å². The number of ether oxygens (including phenoxy) is 3. The molecule has 33 heavy (non-hydrogen) atoms. The van der Waals surface area contributed by atoms with Gasteiger partial charge in [-0.3, -0.25) is 0 Å². The highest BCUT2D eigenvalue weighted by atomic mass is 127. The van der Waals surface area contributed by atoms with Crippen molar-refractivity contribution >= 4 is 46.5 Å². The van der Waals surface area contributed by atoms with Gasteiger partial charge in [-0.2, -0.15) is 0 Å². The van der Waals surface area contributed by atoms with E-state index in [9.17, 15) is 0 Å². The molecule has 180 valence electrons. The summed E-state index contributed by atoms with van der Waals surface area (Å²) in [5.74, 6) is 1.57. The molecule has 0 fully saturated rings. The number of hydrogen-bond donors (Lipinski definition) is 3. The van der Waals surface area contributed by atoms with Gasteiger partial charge in [0.05, 0.1) is 25.9 Å². The Hall–Kier alpha value is -2.30. The quantitative estimate of drug-likeness (QED) is 0.122. The third kappa shape index (κ3) is 9.61. The van der Waals surface area contributed by atoms with Crippen LogP contribution in [0.15, 0.2) is 59.6 Å². The zero-order chi connectivity index (χ0) is 22.6. The Morgan fingerprint density at radius 2 is 1.82 bits per heavy atom. The van der Waals surface area contributed by atoms with Crippen LogP contribution in [-0.2, 0) is 16.0 Å². The van der Waals surface area contributed by atoms with E-state index in [1.165, 1.54) is 5.39 Å². The lowest BCUT2D eigenvalue weighted by Crippen LogP contribution is -2.32. The number of para-hydroxylation sites is 1. The first-order chi connectivity index (χ1) is 15.6. The van der Waals surface area contributed by atoms with Crippen LogP contribution in [0.3, 0.4) is 0 Å². The lowest BCUT2D eigenvalue weighted by atomic mass is 10.2. The summed E-state index contributed by atoms with van der Waals surface area (Å²) in [5, 5.41) is 7.96. The number of aliphatic imine (C=N–C) groups is 1. The Balaban J connectivity index is 0.00000385. The lowest BCUT2D eigenvalue weighted by molar-refractivity contribution is 0.0699. The summed E-state index contributed by atoms with van der Waals surface area (Å²) in [4.78, 5) is 8.20. The number of fused-ring (bicyclic) bond motifs is 1. The first-order valence-corrected chi connectivity index (χ1v) is 11.1. The molecule has 7 nitrogen and oxygen atoms in total. The van der Waals surface area contributed by atoms with Crippen LogP contribution >= 0.6 is 24.0 Å². The summed E-state index contributed by atoms with van der Waals surface area (Å²) in [7, 11) is 1.67. The fraction of sp³-hybridized carbons (Fsp3) is 0.400. The number of halogens is 1. The molecule has 0 aliphatic heterocycles. The molecular formula is C25H35IN4O3. The number of aromatic nitrogens is 1. The molecule has 3 N–H and O–H groups in total. The van der Waals surface area contributed by atoms with E-state index in [1.54, 1.807) is 7.11 Å². The number of aromatic amines is 1. The number of anilines is 1. The molecule has 3 aromatic rings. The minimum atomic E-state index is 0. The van der Waals surface area contributed by atoms with E-state index in [0.29, 0.717) is 26.4 Å². The summed E-state index contributed by atoms with van der Waals surface area (Å²) in [6.45, 7) is 7.23. The van der Waals surface area contributed by atoms with Crippen LogP contribution in [-0.4, -0.2) is 50.5 Å². The van der Waals surface area contributed by atoms with Gasteiger partial charge in [-0.15, -0.1) is 24.0 Å². The second kappa shape index (κ2) is 14.8. The molecule has 0 aliphatic carbocycles. The Labute approximate surface area is 213 Å². The Bertz CT molecular complexity index is 940. The number of H-pyrrole nitrogens is 1. The third-order valence-electron chi connectivity index (χ3n) is 4.67. The van der Waals surface area contributed by atoms with E-state index in [1.807, 2.05) is 50.2 Å². The third-order valence-corrected chi connectivity index (χ3v) is 4.67. The van der Waals surface area contributed by atoms with E-state index in [2.05, 4.69) is 33.8 Å². The maximum atomic E-state index is 5.73. The molecule has 8 heteroatoms. The smallest absolute Gasteiger partial charge is 0.196 e. The zero-order valence-electron chi connectivity index (χ0n) is 19.6. The van der Waals surface area contributed by atoms with Crippen molar-refractivity contribution < 1.29 is 14.2 Å². The SMILES string of the molecule is COCCOCCCNC(=NCc1cc2ccccc2[nH]1)Nc1ccc(OC(C)C)cc1.I. The van der Waals surface area contributed by atoms with Crippen molar-refractivity contribution in [3.8, 4) is 5.75 Å². The minimum Gasteiger partial charge on any atom is -0.491 e. The lowest BCUT2D eigenvalue weighted by Gasteiger charge is -2.14. The summed E-state index contributed by atoms with van der Waals surface area (Å²) in [5.41, 5.74) is 3.13. The topological polar surface area (TPSA) is 79.9 Å². The van der Waals surface area contributed by atoms with Gasteiger partial charge in [0.2, 0.25) is 0 Å². The van der Waals surface area contributed by atoms with Crippen molar-refractivity contribution in [2.24, 2.45) is 4.99 Å². The van der Waals surface area contributed by atoms with Crippen LogP contribution in [0.25, 0.3) is 10.9 Å². The molecular weight excluding hydrogens is 531 g/mol. The van der Waals surface area contributed by atoms with Crippen molar-refractivity contribution in [2.45, 2.75) is 32.9 Å². The fourth-order valence-electron chi connectivity index (χ4n) is 3.17. The Morgan fingerprint density at radius 3 is 2.55 bits per heavy atom. The molecule has 1 aromatic heterocycles. The average molecular weight is 566 g/mol. The molecule has 0 atom stereocenters. The number of guanidine groups is 1. The maximum absolute atomic E-state index is 5.73. The van der Waals surface area contributed by atoms with Gasteiger partial charge in [0.1, 0.15) is 5.75 Å². The first kappa shape index (κ1) is 26.9. The summed E-state index contributed by atoms with van der Waals surface area (Å²) in [6.07, 6.45) is 1.02. The predicted octanol–water partition coefficient (Wildman–Crippen LogP) is 5.18. The van der Waals surface area contributed by atoms with Crippen molar-refractivity contribution in [1.29, 1.82) is 0 Å². The highest BCUT2D eigenvalue weighted by Crippen LogP contribution is 2.18. The van der Waals surface area contributed by atoms with Gasteiger partial charge < -0.3 is 29.8 Å². The van der Waals surface area contributed by atoms with Gasteiger partial charge in [0, 0.05) is 37.2 Å². The molecule has 0 unspecified atom stereocenters. The summed E-state index contributed by atoms with van der Waals surface area (Å²) >= 11 is 0. The highest BCUT2D eigenvalue weighted by Gasteiger charge is 2.04. The van der Waals surface area contributed by atoms with Crippen molar-refractivity contribution in [2.75, 3.05) is 38.8 Å². The number of nitrogens with one attached hydrogen (secondary N) is 3. The molecule has 0 radical (unpaired) electrons. The molecule has 0 saturated carbocycles. The molecule has 0 aliphatic rings. The number of benzene rings is 2.